The van der Waals surface area contributed by atoms with Crippen molar-refractivity contribution in [2.75, 3.05) is 6.54 Å². The standard InChI is InChI=1S/C79H122N14O19/c1-10-47(6)66(75(106)92-68(50(9)95)77(108)87-57(40-46(4)5)72(103)89-60(79(111)112)42-52-44-82-54-32-27-26-31-53(52)54)90-70(101)55(36-37-62(80)96)84-74(105)61-33-28-38-93(61)65(99)35-25-20-18-16-14-12-11-13-15-17-19-24-34-64(98)83-48(7)69(100)91-67(49(8)94)76(107)86-56(39-45(2)3)71(102)85-58(43-63(81)97)73(104)88-59(78(109)110)41-51-29-22-21-23-30-51/h21-23,26-27,29-32,44-50,55-61,66-68,82,94-95H,10-20,24-25,28,33-43H2,1-9H3,(H2,80,96)(H2,81,97)(H,83,98)(H,84,105)(H,85,102)(H,86,107)(H,87,108)(H,88,104)(H,89,103)(H,90,101)(H,91,100)(H,92,106)(H,109,110)(H,111,112)/t47-,48-,49-,50+,55-,56-,57-,58-,59-,60-,61-,66-,67-,68-/m0/s1. The lowest BCUT2D eigenvalue weighted by atomic mass is 9.96. The number of fused-ring (bicyclic) bond motifs is 1. The number of amides is 13. The molecule has 1 fully saturated rings. The number of carboxylic acid groups (broad SMARTS) is 2. The number of nitrogens with one attached hydrogen (secondary N) is 11. The number of hydrogen-bond acceptors (Lipinski definition) is 17. The number of nitrogens with zero attached hydrogens (tertiary/aromatic N) is 1. The molecule has 1 saturated heterocycles. The molecule has 1 aromatic heterocycles. The minimum absolute atomic E-state index is 0.00131. The van der Waals surface area contributed by atoms with E-state index in [0.717, 1.165) is 75.1 Å². The van der Waals surface area contributed by atoms with Gasteiger partial charge in [0.1, 0.15) is 66.5 Å². The summed E-state index contributed by atoms with van der Waals surface area (Å²) in [6, 6.07) is 0.554. The molecule has 19 N–H and O–H groups in total. The van der Waals surface area contributed by atoms with Crippen molar-refractivity contribution < 1.29 is 92.3 Å². The predicted molar refractivity (Wildman–Crippen MR) is 416 cm³/mol. The Hall–Kier alpha value is -10.1. The number of carboxylic acids is 2. The summed E-state index contributed by atoms with van der Waals surface area (Å²) in [5, 5.41) is 67.6. The van der Waals surface area contributed by atoms with Gasteiger partial charge >= 0.3 is 11.9 Å². The quantitative estimate of drug-likeness (QED) is 0.0361. The molecule has 1 aliphatic heterocycles. The number of aliphatic hydroxyl groups excluding tert-OH is 2. The number of para-hydroxylation sites is 1. The van der Waals surface area contributed by atoms with Crippen molar-refractivity contribution in [3.63, 3.8) is 0 Å². The van der Waals surface area contributed by atoms with Crippen molar-refractivity contribution >= 4 is 99.6 Å². The summed E-state index contributed by atoms with van der Waals surface area (Å²) in [4.78, 5) is 204. The Kier molecular flexibility index (Phi) is 41.0. The number of carbonyl (C=O) groups is 15. The molecule has 33 nitrogen and oxygen atoms in total. The Morgan fingerprint density at radius 2 is 0.920 bits per heavy atom. The summed E-state index contributed by atoms with van der Waals surface area (Å²) in [6.45, 7) is 14.7. The second-order valence-corrected chi connectivity index (χ2v) is 30.3. The Labute approximate surface area is 655 Å². The lowest BCUT2D eigenvalue weighted by Crippen LogP contribution is -2.62. The van der Waals surface area contributed by atoms with Crippen LogP contribution in [0.5, 0.6) is 0 Å². The summed E-state index contributed by atoms with van der Waals surface area (Å²) in [6.07, 6.45) is 9.22. The van der Waals surface area contributed by atoms with Gasteiger partial charge in [-0.05, 0) is 101 Å². The van der Waals surface area contributed by atoms with Crippen LogP contribution in [0.3, 0.4) is 0 Å². The SMILES string of the molecule is CC[C@H](C)[C@H](NC(=O)[C@H](CCC(N)=O)NC(=O)[C@@H]1CCCN1C(=O)CCCCCCCCCCCCCCC(=O)N[C@@H](C)C(=O)N[C@H](C(=O)N[C@@H](CC(C)C)C(=O)N[C@@H](CC(N)=O)C(=O)N[C@@H](Cc1ccccc1)C(=O)O)[C@H](C)O)C(=O)N[C@H](C(=O)N[C@@H](CC(C)C)C(=O)N[C@@H](Cc1c[nH]c2ccccc12)C(=O)O)[C@@H](C)O. The van der Waals surface area contributed by atoms with Gasteiger partial charge in [-0.3, -0.25) is 62.3 Å². The molecule has 0 spiro atoms. The first-order valence-corrected chi connectivity index (χ1v) is 39.3. The van der Waals surface area contributed by atoms with Crippen LogP contribution in [-0.2, 0) is 84.8 Å². The topological polar surface area (TPSA) is 528 Å². The van der Waals surface area contributed by atoms with Gasteiger partial charge in [-0.2, -0.15) is 0 Å². The first-order chi connectivity index (χ1) is 53.0. The maximum atomic E-state index is 14.2. The lowest BCUT2D eigenvalue weighted by Gasteiger charge is -2.30. The lowest BCUT2D eigenvalue weighted by molar-refractivity contribution is -0.143. The predicted octanol–water partition coefficient (Wildman–Crippen LogP) is 2.48. The van der Waals surface area contributed by atoms with Crippen LogP contribution in [0.4, 0.5) is 0 Å². The van der Waals surface area contributed by atoms with Crippen molar-refractivity contribution in [3.05, 3.63) is 71.9 Å². The molecule has 13 amide bonds. The second-order valence-electron chi connectivity index (χ2n) is 30.3. The molecule has 622 valence electrons. The van der Waals surface area contributed by atoms with E-state index in [1.807, 2.05) is 18.2 Å². The minimum atomic E-state index is -1.67. The highest BCUT2D eigenvalue weighted by atomic mass is 16.4. The smallest absolute Gasteiger partial charge is 0.326 e. The number of aliphatic hydroxyl groups is 2. The molecule has 33 heteroatoms. The first-order valence-electron chi connectivity index (χ1n) is 39.3. The molecule has 0 radical (unpaired) electrons. The van der Waals surface area contributed by atoms with E-state index in [2.05, 4.69) is 58.2 Å². The monoisotopic (exact) mass is 1570 g/mol. The number of likely N-dealkylation sites (tertiary alicyclic amines) is 1. The van der Waals surface area contributed by atoms with Gasteiger partial charge in [0.15, 0.2) is 0 Å². The molecule has 4 rings (SSSR count). The van der Waals surface area contributed by atoms with E-state index in [1.54, 1.807) is 84.1 Å². The van der Waals surface area contributed by atoms with Crippen molar-refractivity contribution in [2.24, 2.45) is 29.2 Å². The molecule has 3 aromatic rings. The summed E-state index contributed by atoms with van der Waals surface area (Å²) in [7, 11) is 0. The number of benzene rings is 2. The van der Waals surface area contributed by atoms with Crippen LogP contribution in [0, 0.1) is 17.8 Å². The van der Waals surface area contributed by atoms with Gasteiger partial charge in [0.05, 0.1) is 18.6 Å². The zero-order chi connectivity index (χ0) is 83.3. The van der Waals surface area contributed by atoms with Crippen molar-refractivity contribution in [3.8, 4) is 0 Å². The largest absolute Gasteiger partial charge is 0.480 e. The van der Waals surface area contributed by atoms with Crippen LogP contribution in [0.2, 0.25) is 0 Å². The van der Waals surface area contributed by atoms with Crippen molar-refractivity contribution in [1.82, 2.24) is 63.1 Å². The number of carbonyl (C=O) groups excluding carboxylic acids is 13. The van der Waals surface area contributed by atoms with E-state index in [1.165, 1.54) is 25.7 Å². The molecule has 14 atom stereocenters. The van der Waals surface area contributed by atoms with Crippen molar-refractivity contribution in [1.29, 1.82) is 0 Å². The molecule has 2 aromatic carbocycles. The summed E-state index contributed by atoms with van der Waals surface area (Å²) in [5.41, 5.74) is 12.9. The average molecular weight is 1570 g/mol. The van der Waals surface area contributed by atoms with E-state index in [0.29, 0.717) is 49.8 Å². The Balaban J connectivity index is 1.16. The highest BCUT2D eigenvalue weighted by Gasteiger charge is 2.40. The number of aliphatic carboxylic acids is 2. The first kappa shape index (κ1) is 94.3. The van der Waals surface area contributed by atoms with Crippen LogP contribution in [0.1, 0.15) is 215 Å². The van der Waals surface area contributed by atoms with Crippen LogP contribution >= 0.6 is 0 Å². The maximum Gasteiger partial charge on any atom is 0.326 e. The normalized spacial score (nSPS) is 16.2. The summed E-state index contributed by atoms with van der Waals surface area (Å²) >= 11 is 0. The third kappa shape index (κ3) is 33.1. The van der Waals surface area contributed by atoms with E-state index in [9.17, 15) is 92.3 Å². The zero-order valence-corrected chi connectivity index (χ0v) is 66.2. The molecule has 1 aliphatic rings. The van der Waals surface area contributed by atoms with Crippen molar-refractivity contribution in [2.45, 2.75) is 295 Å². The Bertz CT molecular complexity index is 3630. The van der Waals surface area contributed by atoms with Crippen LogP contribution in [-0.4, -0.2) is 204 Å². The molecule has 0 bridgehead atoms. The molecule has 0 aliphatic carbocycles. The Morgan fingerprint density at radius 1 is 0.473 bits per heavy atom. The maximum absolute atomic E-state index is 14.2. The average Bonchev–Trinajstić information content (AvgIpc) is 1.58. The van der Waals surface area contributed by atoms with E-state index >= 15 is 0 Å². The number of hydrogen-bond donors (Lipinski definition) is 17. The van der Waals surface area contributed by atoms with Crippen LogP contribution < -0.4 is 64.6 Å². The summed E-state index contributed by atoms with van der Waals surface area (Å²) in [5.74, 6) is -13.9. The number of nitrogens with two attached hydrogens (primary N) is 2. The third-order valence-electron chi connectivity index (χ3n) is 19.8. The number of aromatic amines is 1. The van der Waals surface area contributed by atoms with Crippen LogP contribution in [0.15, 0.2) is 60.8 Å². The second kappa shape index (κ2) is 48.7. The number of unbranched alkanes of at least 4 members (excludes halogenated alkanes) is 11. The number of aromatic nitrogens is 1. The van der Waals surface area contributed by atoms with Gasteiger partial charge in [-0.15, -0.1) is 0 Å². The van der Waals surface area contributed by atoms with Gasteiger partial charge in [-0.25, -0.2) is 9.59 Å². The van der Waals surface area contributed by atoms with E-state index in [4.69, 9.17) is 11.5 Å². The molecule has 2 heterocycles. The number of rotatable bonds is 53. The van der Waals surface area contributed by atoms with Gasteiger partial charge in [-0.1, -0.05) is 161 Å². The molecular formula is C79H122N14O19. The Morgan fingerprint density at radius 3 is 1.42 bits per heavy atom. The fourth-order valence-corrected chi connectivity index (χ4v) is 13.2. The van der Waals surface area contributed by atoms with Gasteiger partial charge in [0.2, 0.25) is 76.8 Å². The fourth-order valence-electron chi connectivity index (χ4n) is 13.2. The number of H-pyrrole nitrogens is 1. The highest BCUT2D eigenvalue weighted by Crippen LogP contribution is 2.23. The van der Waals surface area contributed by atoms with Crippen LogP contribution in [0.25, 0.3) is 10.9 Å². The zero-order valence-electron chi connectivity index (χ0n) is 66.2. The van der Waals surface area contributed by atoms with E-state index < -0.39 is 174 Å². The van der Waals surface area contributed by atoms with Gasteiger partial charge < -0.3 is 94.9 Å². The third-order valence-corrected chi connectivity index (χ3v) is 19.8. The molecule has 112 heavy (non-hydrogen) atoms. The van der Waals surface area contributed by atoms with Gasteiger partial charge in [0.25, 0.3) is 0 Å². The summed E-state index contributed by atoms with van der Waals surface area (Å²) < 4.78 is 0. The minimum Gasteiger partial charge on any atom is -0.480 e. The molecular weight excluding hydrogens is 1450 g/mol. The molecule has 0 saturated carbocycles. The highest BCUT2D eigenvalue weighted by molar-refractivity contribution is 6.00. The molecule has 0 unspecified atom stereocenters. The van der Waals surface area contributed by atoms with E-state index in [-0.39, 0.29) is 69.1 Å². The fraction of sp³-hybridized carbons (Fsp3) is 0.633. The van der Waals surface area contributed by atoms with Gasteiger partial charge in [0, 0.05) is 55.7 Å². The number of primary amides is 2.